The Hall–Kier alpha value is -3.84. The molecule has 3 aromatic rings. The number of non-ortho nitro benzene ring substituents is 1. The molecule has 3 aliphatic rings. The molecule has 3 unspecified atom stereocenters. The third-order valence-corrected chi connectivity index (χ3v) is 8.89. The van der Waals surface area contributed by atoms with Crippen LogP contribution in [0.15, 0.2) is 66.7 Å². The molecule has 7 heteroatoms. The highest BCUT2D eigenvalue weighted by Crippen LogP contribution is 2.61. The van der Waals surface area contributed by atoms with Gasteiger partial charge in [0.25, 0.3) is 5.69 Å². The van der Waals surface area contributed by atoms with E-state index in [0.717, 1.165) is 60.2 Å². The maximum atomic E-state index is 14.6. The maximum Gasteiger partial charge on any atom is 0.269 e. The normalized spacial score (nSPS) is 25.8. The van der Waals surface area contributed by atoms with Gasteiger partial charge < -0.3 is 5.32 Å². The Morgan fingerprint density at radius 1 is 1.03 bits per heavy atom. The molecule has 3 aliphatic heterocycles. The second-order valence-electron chi connectivity index (χ2n) is 10.6. The second kappa shape index (κ2) is 9.17. The first-order valence-corrected chi connectivity index (χ1v) is 13.5. The molecule has 6 rings (SSSR count). The number of amides is 1. The summed E-state index contributed by atoms with van der Waals surface area (Å²) in [4.78, 5) is 42.0. The van der Waals surface area contributed by atoms with Crippen LogP contribution in [0.3, 0.4) is 0 Å². The zero-order valence-electron chi connectivity index (χ0n) is 21.6. The number of carbonyl (C=O) groups excluding carboxylic acids is 2. The van der Waals surface area contributed by atoms with E-state index in [-0.39, 0.29) is 29.3 Å². The van der Waals surface area contributed by atoms with Gasteiger partial charge in [0, 0.05) is 40.9 Å². The van der Waals surface area contributed by atoms with E-state index in [1.807, 2.05) is 36.4 Å². The van der Waals surface area contributed by atoms with E-state index < -0.39 is 16.4 Å². The minimum atomic E-state index is -1.13. The van der Waals surface area contributed by atoms with Crippen LogP contribution in [0, 0.1) is 16.0 Å². The number of hydrogen-bond acceptors (Lipinski definition) is 5. The van der Waals surface area contributed by atoms with Crippen LogP contribution in [0.2, 0.25) is 0 Å². The molecule has 0 saturated carbocycles. The van der Waals surface area contributed by atoms with Crippen LogP contribution in [-0.4, -0.2) is 34.1 Å². The van der Waals surface area contributed by atoms with Gasteiger partial charge in [0.05, 0.1) is 10.8 Å². The monoisotopic (exact) mass is 509 g/mol. The Bertz CT molecular complexity index is 1430. The number of Topliss-reactive ketones (excluding diaryl/α,β-unsaturated/α-hetero) is 1. The zero-order valence-corrected chi connectivity index (χ0v) is 21.6. The summed E-state index contributed by atoms with van der Waals surface area (Å²) < 4.78 is 0. The number of fused-ring (bicyclic) bond motifs is 4. The Balaban J connectivity index is 1.58. The van der Waals surface area contributed by atoms with Gasteiger partial charge in [0.1, 0.15) is 5.54 Å². The molecule has 2 saturated heterocycles. The molecule has 1 spiro atoms. The summed E-state index contributed by atoms with van der Waals surface area (Å²) in [6.07, 6.45) is 3.48. The predicted molar refractivity (Wildman–Crippen MR) is 145 cm³/mol. The molecule has 0 aliphatic carbocycles. The summed E-state index contributed by atoms with van der Waals surface area (Å²) in [5.41, 5.74) is 4.24. The van der Waals surface area contributed by atoms with Crippen LogP contribution in [0.4, 0.5) is 11.4 Å². The summed E-state index contributed by atoms with van der Waals surface area (Å²) in [6.45, 7) is 4.88. The van der Waals surface area contributed by atoms with Gasteiger partial charge in [-0.2, -0.15) is 0 Å². The van der Waals surface area contributed by atoms with Crippen molar-refractivity contribution in [3.05, 3.63) is 105 Å². The number of benzene rings is 3. The molecule has 1 amide bonds. The largest absolute Gasteiger partial charge is 0.324 e. The minimum absolute atomic E-state index is 0.0133. The minimum Gasteiger partial charge on any atom is -0.324 e. The van der Waals surface area contributed by atoms with Gasteiger partial charge in [0.2, 0.25) is 5.91 Å². The van der Waals surface area contributed by atoms with Gasteiger partial charge in [0.15, 0.2) is 5.78 Å². The number of anilines is 1. The van der Waals surface area contributed by atoms with Crippen molar-refractivity contribution in [1.82, 2.24) is 4.90 Å². The van der Waals surface area contributed by atoms with Crippen molar-refractivity contribution in [3.8, 4) is 0 Å². The van der Waals surface area contributed by atoms with Crippen molar-refractivity contribution in [2.45, 2.75) is 57.0 Å². The quantitative estimate of drug-likeness (QED) is 0.264. The number of nitro benzene ring substituents is 1. The SMILES string of the molecule is CCc1ccc(C(=O)C2C(c3ccc([N+](=O)[O-])cc3)C3CCCN3[C@@]23C(=O)Nc2ccc(CC)cc23)cc1. The van der Waals surface area contributed by atoms with Gasteiger partial charge in [-0.25, -0.2) is 0 Å². The standard InChI is InChI=1S/C31H31N3O4/c1-3-19-7-10-22(11-8-19)29(35)28-27(21-12-14-23(15-13-21)34(37)38)26-6-5-17-33(26)31(28)24-18-20(4-2)9-16-25(24)32-30(31)36/h7-16,18,26-28H,3-6,17H2,1-2H3,(H,32,36)/t26?,27?,28?,31-/m1/s1. The van der Waals surface area contributed by atoms with Crippen molar-refractivity contribution >= 4 is 23.1 Å². The molecular formula is C31H31N3O4. The highest BCUT2D eigenvalue weighted by atomic mass is 16.6. The Kier molecular flexibility index (Phi) is 5.91. The number of nitro groups is 1. The van der Waals surface area contributed by atoms with Gasteiger partial charge in [-0.05, 0) is 55.0 Å². The number of ketones is 1. The maximum absolute atomic E-state index is 14.6. The first-order chi connectivity index (χ1) is 18.4. The Morgan fingerprint density at radius 2 is 1.71 bits per heavy atom. The molecule has 194 valence electrons. The smallest absolute Gasteiger partial charge is 0.269 e. The molecule has 7 nitrogen and oxygen atoms in total. The van der Waals surface area contributed by atoms with Crippen LogP contribution in [0.1, 0.15) is 65.2 Å². The summed E-state index contributed by atoms with van der Waals surface area (Å²) in [5, 5.41) is 14.5. The van der Waals surface area contributed by atoms with Gasteiger partial charge >= 0.3 is 0 Å². The Morgan fingerprint density at radius 3 is 2.37 bits per heavy atom. The van der Waals surface area contributed by atoms with Crippen LogP contribution < -0.4 is 5.32 Å². The predicted octanol–water partition coefficient (Wildman–Crippen LogP) is 5.63. The first kappa shape index (κ1) is 24.5. The Labute approximate surface area is 222 Å². The molecule has 1 N–H and O–H groups in total. The number of hydrogen-bond donors (Lipinski definition) is 1. The van der Waals surface area contributed by atoms with Gasteiger partial charge in [-0.15, -0.1) is 0 Å². The molecule has 38 heavy (non-hydrogen) atoms. The zero-order chi connectivity index (χ0) is 26.6. The lowest BCUT2D eigenvalue weighted by molar-refractivity contribution is -0.384. The lowest BCUT2D eigenvalue weighted by Crippen LogP contribution is -2.52. The number of rotatable bonds is 6. The topological polar surface area (TPSA) is 92.5 Å². The lowest BCUT2D eigenvalue weighted by atomic mass is 9.68. The van der Waals surface area contributed by atoms with Crippen LogP contribution in [0.5, 0.6) is 0 Å². The molecule has 0 bridgehead atoms. The summed E-state index contributed by atoms with van der Waals surface area (Å²) in [5.74, 6) is -1.16. The number of aryl methyl sites for hydroxylation is 2. The van der Waals surface area contributed by atoms with E-state index in [9.17, 15) is 19.7 Å². The van der Waals surface area contributed by atoms with E-state index in [2.05, 4.69) is 30.1 Å². The molecule has 4 atom stereocenters. The molecular weight excluding hydrogens is 478 g/mol. The number of nitrogens with zero attached hydrogens (tertiary/aromatic N) is 2. The highest BCUT2D eigenvalue weighted by Gasteiger charge is 2.69. The van der Waals surface area contributed by atoms with Crippen LogP contribution in [-0.2, 0) is 23.2 Å². The summed E-state index contributed by atoms with van der Waals surface area (Å²) in [6, 6.07) is 20.3. The fourth-order valence-corrected chi connectivity index (χ4v) is 7.10. The number of carbonyl (C=O) groups is 2. The van der Waals surface area contributed by atoms with Crippen molar-refractivity contribution < 1.29 is 14.5 Å². The second-order valence-corrected chi connectivity index (χ2v) is 10.6. The van der Waals surface area contributed by atoms with Crippen molar-refractivity contribution in [2.75, 3.05) is 11.9 Å². The molecule has 3 aromatic carbocycles. The number of nitrogens with one attached hydrogen (secondary N) is 1. The molecule has 3 heterocycles. The lowest BCUT2D eigenvalue weighted by Gasteiger charge is -2.37. The third kappa shape index (κ3) is 3.45. The highest BCUT2D eigenvalue weighted by molar-refractivity contribution is 6.12. The van der Waals surface area contributed by atoms with E-state index in [1.165, 1.54) is 12.1 Å². The van der Waals surface area contributed by atoms with Crippen molar-refractivity contribution in [1.29, 1.82) is 0 Å². The molecule has 2 fully saturated rings. The summed E-state index contributed by atoms with van der Waals surface area (Å²) in [7, 11) is 0. The van der Waals surface area contributed by atoms with E-state index >= 15 is 0 Å². The summed E-state index contributed by atoms with van der Waals surface area (Å²) >= 11 is 0. The average molecular weight is 510 g/mol. The fraction of sp³-hybridized carbons (Fsp3) is 0.355. The van der Waals surface area contributed by atoms with E-state index in [0.29, 0.717) is 5.56 Å². The van der Waals surface area contributed by atoms with Crippen LogP contribution in [0.25, 0.3) is 0 Å². The van der Waals surface area contributed by atoms with Crippen molar-refractivity contribution in [3.63, 3.8) is 0 Å². The van der Waals surface area contributed by atoms with Crippen molar-refractivity contribution in [2.24, 2.45) is 5.92 Å². The van der Waals surface area contributed by atoms with Gasteiger partial charge in [-0.1, -0.05) is 62.4 Å². The van der Waals surface area contributed by atoms with E-state index in [1.54, 1.807) is 12.1 Å². The third-order valence-electron chi connectivity index (χ3n) is 8.89. The van der Waals surface area contributed by atoms with Gasteiger partial charge in [-0.3, -0.25) is 24.6 Å². The van der Waals surface area contributed by atoms with Crippen LogP contribution >= 0.6 is 0 Å². The molecule has 0 aromatic heterocycles. The first-order valence-electron chi connectivity index (χ1n) is 13.5. The fourth-order valence-electron chi connectivity index (χ4n) is 7.10. The molecule has 0 radical (unpaired) electrons. The van der Waals surface area contributed by atoms with E-state index in [4.69, 9.17) is 0 Å². The average Bonchev–Trinajstić information content (AvgIpc) is 3.61.